The van der Waals surface area contributed by atoms with Gasteiger partial charge < -0.3 is 19.8 Å². The van der Waals surface area contributed by atoms with Crippen LogP contribution in [0.1, 0.15) is 96.0 Å². The van der Waals surface area contributed by atoms with Crippen LogP contribution < -0.4 is 5.32 Å². The molecule has 2 amide bonds. The van der Waals surface area contributed by atoms with Gasteiger partial charge in [-0.1, -0.05) is 18.2 Å². The summed E-state index contributed by atoms with van der Waals surface area (Å²) < 4.78 is 31.7. The molecule has 2 aliphatic carbocycles. The Morgan fingerprint density at radius 3 is 2.60 bits per heavy atom. The third-order valence-electron chi connectivity index (χ3n) is 8.74. The fourth-order valence-corrected chi connectivity index (χ4v) is 6.96. The van der Waals surface area contributed by atoms with Gasteiger partial charge in [0.1, 0.15) is 11.1 Å². The number of benzene rings is 1. The zero-order chi connectivity index (χ0) is 34.4. The van der Waals surface area contributed by atoms with Gasteiger partial charge in [-0.15, -0.1) is 0 Å². The minimum Gasteiger partial charge on any atom is -0.444 e. The SMILES string of the molecule is [2H]C([2H])([2H])N1C(=O)c2cccc([N+]#[C-])c2[C@H]2C[C@@H]1c1nn3ccc(-c4cnc(C5(NC(=O)OC(C)(C)C)CC(C)([N+]#[C-])C5)nc4)nc3c12. The second kappa shape index (κ2) is 9.57. The smallest absolute Gasteiger partial charge is 0.408 e. The Labute approximate surface area is 264 Å². The maximum absolute atomic E-state index is 13.7. The standard InChI is InChI=1S/C33H31N9O3/c1-31(2,3)45-30(44)39-33(16-32(4,17-33)35-6)29-36-14-18(15-37-29)21-11-12-42-27(38-21)25-20-13-23(26(25)40-42)41(7)28(43)19-9-8-10-22(34-5)24(19)20/h8-12,14-15,20,23H,13,16-17H2,1-4,7H3,(H,39,44)/t20-,23-,32?,33?/m1/s1/i7D3. The van der Waals surface area contributed by atoms with E-state index in [-0.39, 0.29) is 17.7 Å². The van der Waals surface area contributed by atoms with Gasteiger partial charge >= 0.3 is 6.09 Å². The predicted molar refractivity (Wildman–Crippen MR) is 163 cm³/mol. The number of alkyl carbamates (subject to hydrolysis) is 1. The van der Waals surface area contributed by atoms with Crippen LogP contribution in [0.5, 0.6) is 0 Å². The van der Waals surface area contributed by atoms with Crippen molar-refractivity contribution < 1.29 is 18.4 Å². The summed E-state index contributed by atoms with van der Waals surface area (Å²) in [6, 6.07) is 5.70. The summed E-state index contributed by atoms with van der Waals surface area (Å²) in [5.41, 5.74) is 1.29. The van der Waals surface area contributed by atoms with Crippen LogP contribution in [0.3, 0.4) is 0 Å². The van der Waals surface area contributed by atoms with Crippen molar-refractivity contribution in [1.29, 1.82) is 0 Å². The van der Waals surface area contributed by atoms with Crippen molar-refractivity contribution in [2.24, 2.45) is 0 Å². The fraction of sp³-hybridized carbons (Fsp3) is 0.394. The lowest BCUT2D eigenvalue weighted by Crippen LogP contribution is -2.62. The minimum atomic E-state index is -2.74. The molecular formula is C33H31N9O3. The van der Waals surface area contributed by atoms with Crippen LogP contribution in [0.25, 0.3) is 26.6 Å². The molecule has 3 aliphatic rings. The highest BCUT2D eigenvalue weighted by Crippen LogP contribution is 2.53. The monoisotopic (exact) mass is 604 g/mol. The lowest BCUT2D eigenvalue weighted by atomic mass is 9.63. The fourth-order valence-electron chi connectivity index (χ4n) is 6.96. The van der Waals surface area contributed by atoms with Crippen molar-refractivity contribution >= 4 is 23.3 Å². The van der Waals surface area contributed by atoms with Gasteiger partial charge in [-0.25, -0.2) is 35.7 Å². The molecule has 1 aliphatic heterocycles. The second-order valence-electron chi connectivity index (χ2n) is 13.2. The van der Waals surface area contributed by atoms with E-state index in [0.29, 0.717) is 52.4 Å². The average molecular weight is 605 g/mol. The summed E-state index contributed by atoms with van der Waals surface area (Å²) in [4.78, 5) is 48.9. The van der Waals surface area contributed by atoms with E-state index in [1.165, 1.54) is 0 Å². The van der Waals surface area contributed by atoms with Crippen molar-refractivity contribution in [3.8, 4) is 11.3 Å². The summed E-state index contributed by atoms with van der Waals surface area (Å²) >= 11 is 0. The van der Waals surface area contributed by atoms with E-state index < -0.39 is 47.6 Å². The Balaban J connectivity index is 1.29. The maximum Gasteiger partial charge on any atom is 0.408 e. The zero-order valence-corrected chi connectivity index (χ0v) is 25.1. The van der Waals surface area contributed by atoms with Crippen LogP contribution in [0, 0.1) is 13.1 Å². The molecule has 12 nitrogen and oxygen atoms in total. The van der Waals surface area contributed by atoms with Gasteiger partial charge in [0.15, 0.2) is 17.2 Å². The molecule has 45 heavy (non-hydrogen) atoms. The zero-order valence-electron chi connectivity index (χ0n) is 28.1. The summed E-state index contributed by atoms with van der Waals surface area (Å²) in [5.74, 6) is -0.777. The van der Waals surface area contributed by atoms with Crippen LogP contribution >= 0.6 is 0 Å². The molecule has 0 saturated heterocycles. The third kappa shape index (κ3) is 4.40. The van der Waals surface area contributed by atoms with Crippen molar-refractivity contribution in [2.45, 2.75) is 75.6 Å². The number of ether oxygens (including phenoxy) is 1. The molecule has 4 heterocycles. The maximum atomic E-state index is 13.7. The van der Waals surface area contributed by atoms with Crippen molar-refractivity contribution in [2.75, 3.05) is 6.98 Å². The Morgan fingerprint density at radius 2 is 1.93 bits per heavy atom. The minimum absolute atomic E-state index is 0.191. The van der Waals surface area contributed by atoms with E-state index in [1.54, 1.807) is 68.1 Å². The summed E-state index contributed by atoms with van der Waals surface area (Å²) in [5, 5.41) is 7.62. The number of amides is 2. The molecule has 1 fully saturated rings. The molecule has 0 radical (unpaired) electrons. The number of rotatable bonds is 3. The number of hydrogen-bond donors (Lipinski definition) is 1. The molecule has 1 saturated carbocycles. The lowest BCUT2D eigenvalue weighted by molar-refractivity contribution is 0.0273. The van der Waals surface area contributed by atoms with Gasteiger partial charge in [-0.3, -0.25) is 4.79 Å². The van der Waals surface area contributed by atoms with Gasteiger partial charge in [0.2, 0.25) is 5.54 Å². The molecule has 0 unspecified atom stereocenters. The molecule has 0 spiro atoms. The molecule has 1 aromatic carbocycles. The highest BCUT2D eigenvalue weighted by Gasteiger charge is 2.61. The van der Waals surface area contributed by atoms with Gasteiger partial charge in [0, 0.05) is 59.2 Å². The normalized spacial score (nSPS) is 26.2. The van der Waals surface area contributed by atoms with E-state index in [0.717, 1.165) is 4.90 Å². The molecule has 7 rings (SSSR count). The van der Waals surface area contributed by atoms with E-state index in [2.05, 4.69) is 25.0 Å². The molecule has 2 bridgehead atoms. The first kappa shape index (κ1) is 25.0. The quantitative estimate of drug-likeness (QED) is 0.302. The molecular weight excluding hydrogens is 570 g/mol. The largest absolute Gasteiger partial charge is 0.444 e. The number of carbonyl (C=O) groups excluding carboxylic acids is 2. The number of hydrogen-bond acceptors (Lipinski definition) is 7. The molecule has 2 atom stereocenters. The van der Waals surface area contributed by atoms with Gasteiger partial charge in [0.25, 0.3) is 5.91 Å². The van der Waals surface area contributed by atoms with Crippen LogP contribution in [0.2, 0.25) is 0 Å². The van der Waals surface area contributed by atoms with Crippen LogP contribution in [-0.2, 0) is 10.3 Å². The number of nitrogens with one attached hydrogen (secondary N) is 1. The molecule has 4 aromatic rings. The van der Waals surface area contributed by atoms with Crippen LogP contribution in [0.15, 0.2) is 42.9 Å². The Bertz CT molecular complexity index is 2100. The van der Waals surface area contributed by atoms with Crippen molar-refractivity contribution in [3.63, 3.8) is 0 Å². The van der Waals surface area contributed by atoms with E-state index in [1.807, 2.05) is 6.92 Å². The summed E-state index contributed by atoms with van der Waals surface area (Å²) in [6.07, 6.45) is 5.20. The average Bonchev–Trinajstić information content (AvgIpc) is 3.51. The van der Waals surface area contributed by atoms with Crippen LogP contribution in [-0.4, -0.2) is 59.6 Å². The number of fused-ring (bicyclic) bond motifs is 9. The first-order valence-electron chi connectivity index (χ1n) is 16.0. The van der Waals surface area contributed by atoms with E-state index in [4.69, 9.17) is 32.1 Å². The van der Waals surface area contributed by atoms with E-state index >= 15 is 0 Å². The first-order chi connectivity index (χ1) is 22.6. The highest BCUT2D eigenvalue weighted by atomic mass is 16.6. The topological polar surface area (TPSA) is 123 Å². The first-order valence-corrected chi connectivity index (χ1v) is 14.5. The van der Waals surface area contributed by atoms with Gasteiger partial charge in [0.05, 0.1) is 36.8 Å². The summed E-state index contributed by atoms with van der Waals surface area (Å²) in [6.45, 7) is 19.8. The van der Waals surface area contributed by atoms with Crippen molar-refractivity contribution in [1.82, 2.24) is 34.8 Å². The third-order valence-corrected chi connectivity index (χ3v) is 8.74. The predicted octanol–water partition coefficient (Wildman–Crippen LogP) is 5.59. The lowest BCUT2D eigenvalue weighted by Gasteiger charge is -2.46. The second-order valence-corrected chi connectivity index (χ2v) is 13.2. The highest BCUT2D eigenvalue weighted by molar-refractivity contribution is 5.99. The molecule has 1 N–H and O–H groups in total. The van der Waals surface area contributed by atoms with Gasteiger partial charge in [-0.2, -0.15) is 5.10 Å². The Hall–Kier alpha value is -5.36. The number of nitrogens with zero attached hydrogens (tertiary/aromatic N) is 8. The number of carbonyl (C=O) groups is 2. The van der Waals surface area contributed by atoms with Crippen LogP contribution in [0.4, 0.5) is 10.5 Å². The number of aromatic nitrogens is 5. The molecule has 3 aromatic heterocycles. The van der Waals surface area contributed by atoms with Gasteiger partial charge in [-0.05, 0) is 38.8 Å². The molecule has 12 heteroatoms. The van der Waals surface area contributed by atoms with E-state index in [9.17, 15) is 9.59 Å². The Morgan fingerprint density at radius 1 is 1.18 bits per heavy atom. The van der Waals surface area contributed by atoms with Crippen molar-refractivity contribution in [3.05, 3.63) is 93.9 Å². The Kier molecular flexibility index (Phi) is 5.32. The molecule has 226 valence electrons. The summed E-state index contributed by atoms with van der Waals surface area (Å²) in [7, 11) is 0.